The van der Waals surface area contributed by atoms with E-state index < -0.39 is 6.10 Å². The first-order valence-corrected chi connectivity index (χ1v) is 15.0. The monoisotopic (exact) mass is 595 g/mol. The Morgan fingerprint density at radius 3 is 2.57 bits per heavy atom. The number of benzene rings is 2. The molecule has 44 heavy (non-hydrogen) atoms. The van der Waals surface area contributed by atoms with Crippen LogP contribution in [-0.2, 0) is 20.7 Å². The van der Waals surface area contributed by atoms with Gasteiger partial charge in [0.05, 0.1) is 23.7 Å². The number of hydrogen-bond acceptors (Lipinski definition) is 6. The standard InChI is InChI=1S/C36H41N3O5/c1-21-9-8-10-27(16-21)35(29-13-11-22(2)15-23(29)3)37-32(40)18-26-12-14-30-28(17-26)19-31(43-30)36(42-20-33(41)39(6)7)34-24(4)38-44-25(34)5/h8,10-17,19,21,35-36H,9,18,20H2,1-7H3,(H,37,40). The van der Waals surface area contributed by atoms with Crippen molar-refractivity contribution in [3.05, 3.63) is 111 Å². The minimum absolute atomic E-state index is 0.0651. The van der Waals surface area contributed by atoms with Crippen LogP contribution in [0.3, 0.4) is 0 Å². The summed E-state index contributed by atoms with van der Waals surface area (Å²) in [5.41, 5.74) is 7.46. The van der Waals surface area contributed by atoms with E-state index in [0.29, 0.717) is 28.7 Å². The summed E-state index contributed by atoms with van der Waals surface area (Å²) in [7, 11) is 3.37. The molecule has 0 fully saturated rings. The molecule has 230 valence electrons. The number of rotatable bonds is 10. The predicted octanol–water partition coefficient (Wildman–Crippen LogP) is 6.77. The van der Waals surface area contributed by atoms with Crippen molar-refractivity contribution in [2.75, 3.05) is 20.7 Å². The lowest BCUT2D eigenvalue weighted by atomic mass is 9.88. The van der Waals surface area contributed by atoms with Gasteiger partial charge in [0.1, 0.15) is 29.8 Å². The van der Waals surface area contributed by atoms with Crippen molar-refractivity contribution in [1.29, 1.82) is 0 Å². The highest BCUT2D eigenvalue weighted by molar-refractivity contribution is 5.84. The van der Waals surface area contributed by atoms with E-state index in [0.717, 1.165) is 39.6 Å². The van der Waals surface area contributed by atoms with E-state index in [-0.39, 0.29) is 30.9 Å². The van der Waals surface area contributed by atoms with Gasteiger partial charge in [-0.05, 0) is 80.5 Å². The molecule has 2 heterocycles. The molecule has 0 bridgehead atoms. The summed E-state index contributed by atoms with van der Waals surface area (Å²) in [6.45, 7) is 9.88. The molecule has 0 saturated heterocycles. The van der Waals surface area contributed by atoms with Gasteiger partial charge in [0.25, 0.3) is 0 Å². The Morgan fingerprint density at radius 1 is 1.09 bits per heavy atom. The number of nitrogens with one attached hydrogen (secondary N) is 1. The highest BCUT2D eigenvalue weighted by Gasteiger charge is 2.28. The van der Waals surface area contributed by atoms with Crippen molar-refractivity contribution in [3.63, 3.8) is 0 Å². The number of amides is 2. The lowest BCUT2D eigenvalue weighted by Crippen LogP contribution is -2.31. The molecule has 0 saturated carbocycles. The van der Waals surface area contributed by atoms with Crippen LogP contribution in [0.2, 0.25) is 0 Å². The van der Waals surface area contributed by atoms with Gasteiger partial charge in [-0.2, -0.15) is 0 Å². The van der Waals surface area contributed by atoms with E-state index in [2.05, 4.69) is 67.7 Å². The molecule has 1 N–H and O–H groups in total. The second-order valence-electron chi connectivity index (χ2n) is 12.1. The van der Waals surface area contributed by atoms with Crippen LogP contribution < -0.4 is 5.32 Å². The number of aryl methyl sites for hydroxylation is 4. The quantitative estimate of drug-likeness (QED) is 0.217. The Hall–Kier alpha value is -4.43. The maximum absolute atomic E-state index is 13.5. The van der Waals surface area contributed by atoms with Gasteiger partial charge >= 0.3 is 0 Å². The van der Waals surface area contributed by atoms with Crippen LogP contribution in [0.4, 0.5) is 0 Å². The number of allylic oxidation sites excluding steroid dienone is 2. The highest BCUT2D eigenvalue weighted by atomic mass is 16.5. The summed E-state index contributed by atoms with van der Waals surface area (Å²) in [5, 5.41) is 8.23. The largest absolute Gasteiger partial charge is 0.458 e. The summed E-state index contributed by atoms with van der Waals surface area (Å²) in [4.78, 5) is 27.3. The first-order valence-electron chi connectivity index (χ1n) is 15.0. The van der Waals surface area contributed by atoms with Gasteiger partial charge in [-0.3, -0.25) is 9.59 Å². The topological polar surface area (TPSA) is 97.8 Å². The maximum Gasteiger partial charge on any atom is 0.248 e. The first kappa shape index (κ1) is 31.0. The van der Waals surface area contributed by atoms with Gasteiger partial charge in [0, 0.05) is 19.5 Å². The molecule has 0 radical (unpaired) electrons. The number of nitrogens with zero attached hydrogens (tertiary/aromatic N) is 2. The van der Waals surface area contributed by atoms with Crippen LogP contribution in [0.5, 0.6) is 0 Å². The Labute approximate surface area is 258 Å². The number of likely N-dealkylation sites (N-methyl/N-ethyl adjacent to an activating group) is 1. The summed E-state index contributed by atoms with van der Waals surface area (Å²) < 4.78 is 17.7. The lowest BCUT2D eigenvalue weighted by molar-refractivity contribution is -0.135. The van der Waals surface area contributed by atoms with Crippen LogP contribution in [0, 0.1) is 33.6 Å². The Balaban J connectivity index is 1.39. The van der Waals surface area contributed by atoms with Crippen LogP contribution in [0.25, 0.3) is 11.0 Å². The minimum Gasteiger partial charge on any atom is -0.458 e. The van der Waals surface area contributed by atoms with E-state index in [9.17, 15) is 9.59 Å². The molecule has 5 rings (SSSR count). The van der Waals surface area contributed by atoms with Gasteiger partial charge in [0.2, 0.25) is 11.8 Å². The fourth-order valence-corrected chi connectivity index (χ4v) is 5.76. The number of hydrogen-bond donors (Lipinski definition) is 1. The molecule has 8 nitrogen and oxygen atoms in total. The third-order valence-corrected chi connectivity index (χ3v) is 8.12. The van der Waals surface area contributed by atoms with Crippen molar-refractivity contribution in [3.8, 4) is 0 Å². The third kappa shape index (κ3) is 6.86. The molecule has 2 amide bonds. The molecule has 0 spiro atoms. The van der Waals surface area contributed by atoms with Gasteiger partial charge in [-0.1, -0.05) is 60.1 Å². The number of carbonyl (C=O) groups is 2. The van der Waals surface area contributed by atoms with Crippen molar-refractivity contribution in [1.82, 2.24) is 15.4 Å². The summed E-state index contributed by atoms with van der Waals surface area (Å²) in [5.74, 6) is 1.31. The lowest BCUT2D eigenvalue weighted by Gasteiger charge is -2.25. The average molecular weight is 596 g/mol. The maximum atomic E-state index is 13.5. The molecule has 0 aliphatic heterocycles. The molecule has 1 aliphatic rings. The van der Waals surface area contributed by atoms with Crippen LogP contribution >= 0.6 is 0 Å². The fourth-order valence-electron chi connectivity index (χ4n) is 5.76. The average Bonchev–Trinajstić information content (AvgIpc) is 3.54. The molecule has 3 atom stereocenters. The number of carbonyl (C=O) groups excluding carboxylic acids is 2. The SMILES string of the molecule is Cc1ccc(C(NC(=O)Cc2ccc3oc(C(OCC(=O)N(C)C)c4c(C)noc4C)cc3c2)C2=CC(C)CC=C2)c(C)c1. The third-order valence-electron chi connectivity index (χ3n) is 8.12. The molecule has 8 heteroatoms. The van der Waals surface area contributed by atoms with E-state index in [4.69, 9.17) is 13.7 Å². The molecule has 3 unspecified atom stereocenters. The summed E-state index contributed by atoms with van der Waals surface area (Å²) >= 11 is 0. The molecule has 2 aromatic carbocycles. The van der Waals surface area contributed by atoms with Crippen LogP contribution in [0.1, 0.15) is 70.5 Å². The van der Waals surface area contributed by atoms with Crippen molar-refractivity contribution in [2.45, 2.75) is 59.6 Å². The van der Waals surface area contributed by atoms with Crippen molar-refractivity contribution in [2.24, 2.45) is 5.92 Å². The number of fused-ring (bicyclic) bond motifs is 1. The number of ether oxygens (including phenoxy) is 1. The van der Waals surface area contributed by atoms with Gasteiger partial charge in [0.15, 0.2) is 0 Å². The molecule has 4 aromatic rings. The fraction of sp³-hybridized carbons (Fsp3) is 0.361. The van der Waals surface area contributed by atoms with E-state index in [1.165, 1.54) is 10.5 Å². The van der Waals surface area contributed by atoms with Crippen LogP contribution in [0.15, 0.2) is 75.2 Å². The van der Waals surface area contributed by atoms with Crippen molar-refractivity contribution >= 4 is 22.8 Å². The molecule has 1 aliphatic carbocycles. The summed E-state index contributed by atoms with van der Waals surface area (Å²) in [6, 6.07) is 13.8. The van der Waals surface area contributed by atoms with Gasteiger partial charge < -0.3 is 23.9 Å². The summed E-state index contributed by atoms with van der Waals surface area (Å²) in [6.07, 6.45) is 7.11. The Bertz CT molecular complexity index is 1720. The van der Waals surface area contributed by atoms with E-state index in [1.54, 1.807) is 14.1 Å². The number of furan rings is 1. The molecular formula is C36H41N3O5. The van der Waals surface area contributed by atoms with E-state index >= 15 is 0 Å². The first-order chi connectivity index (χ1) is 21.0. The highest BCUT2D eigenvalue weighted by Crippen LogP contribution is 2.35. The van der Waals surface area contributed by atoms with Gasteiger partial charge in [-0.15, -0.1) is 0 Å². The van der Waals surface area contributed by atoms with Crippen molar-refractivity contribution < 1.29 is 23.3 Å². The van der Waals surface area contributed by atoms with Gasteiger partial charge in [-0.25, -0.2) is 0 Å². The zero-order valence-electron chi connectivity index (χ0n) is 26.6. The second kappa shape index (κ2) is 13.1. The Kier molecular flexibility index (Phi) is 9.20. The smallest absolute Gasteiger partial charge is 0.248 e. The predicted molar refractivity (Wildman–Crippen MR) is 170 cm³/mol. The second-order valence-corrected chi connectivity index (χ2v) is 12.1. The normalized spacial score (nSPS) is 16.1. The van der Waals surface area contributed by atoms with E-state index in [1.807, 2.05) is 38.1 Å². The molecular weight excluding hydrogens is 554 g/mol. The number of aromatic nitrogens is 1. The zero-order valence-corrected chi connectivity index (χ0v) is 26.6. The Morgan fingerprint density at radius 2 is 1.89 bits per heavy atom. The minimum atomic E-state index is -0.679. The van der Waals surface area contributed by atoms with Crippen LogP contribution in [-0.4, -0.2) is 42.6 Å². The molecule has 2 aromatic heterocycles. The zero-order chi connectivity index (χ0) is 31.5.